The normalized spacial score (nSPS) is 15.8. The standard InChI is InChI=1S/C17H24ClN3O4/c1-17(2,3)25-16(24)21-6-4-10(5-7-21)20-13-9-14(22)11(15(19)23)8-12(13)18/h8-10,20,22H,4-7H2,1-3H3,(H2,19,23). The van der Waals surface area contributed by atoms with Crippen molar-refractivity contribution in [1.82, 2.24) is 4.90 Å². The fraction of sp³-hybridized carbons (Fsp3) is 0.529. The Morgan fingerprint density at radius 2 is 1.92 bits per heavy atom. The first kappa shape index (κ1) is 19.2. The minimum Gasteiger partial charge on any atom is -0.507 e. The summed E-state index contributed by atoms with van der Waals surface area (Å²) < 4.78 is 5.37. The lowest BCUT2D eigenvalue weighted by atomic mass is 10.0. The van der Waals surface area contributed by atoms with Crippen molar-refractivity contribution in [2.75, 3.05) is 18.4 Å². The Hall–Kier alpha value is -2.15. The number of nitrogens with zero attached hydrogens (tertiary/aromatic N) is 1. The number of piperidine rings is 1. The number of hydrogen-bond acceptors (Lipinski definition) is 5. The number of anilines is 1. The molecule has 1 aromatic rings. The Labute approximate surface area is 152 Å². The molecule has 0 atom stereocenters. The second kappa shape index (κ2) is 7.39. The first-order valence-electron chi connectivity index (χ1n) is 8.13. The minimum absolute atomic E-state index is 0.0182. The topological polar surface area (TPSA) is 105 Å². The summed E-state index contributed by atoms with van der Waals surface area (Å²) in [6.07, 6.45) is 1.12. The van der Waals surface area contributed by atoms with Crippen LogP contribution >= 0.6 is 11.6 Å². The molecular weight excluding hydrogens is 346 g/mol. The predicted molar refractivity (Wildman–Crippen MR) is 96.1 cm³/mol. The number of nitrogens with two attached hydrogens (primary N) is 1. The Morgan fingerprint density at radius 3 is 2.44 bits per heavy atom. The zero-order valence-corrected chi connectivity index (χ0v) is 15.4. The number of carbonyl (C=O) groups is 2. The molecule has 1 aromatic carbocycles. The number of aromatic hydroxyl groups is 1. The van der Waals surface area contributed by atoms with Crippen LogP contribution in [0.15, 0.2) is 12.1 Å². The molecule has 2 rings (SSSR count). The molecule has 0 aliphatic carbocycles. The number of halogens is 1. The van der Waals surface area contributed by atoms with Gasteiger partial charge in [-0.1, -0.05) is 11.6 Å². The maximum absolute atomic E-state index is 12.1. The number of benzene rings is 1. The van der Waals surface area contributed by atoms with Crippen molar-refractivity contribution >= 4 is 29.3 Å². The van der Waals surface area contributed by atoms with Crippen LogP contribution in [0, 0.1) is 0 Å². The summed E-state index contributed by atoms with van der Waals surface area (Å²) in [7, 11) is 0. The quantitative estimate of drug-likeness (QED) is 0.759. The van der Waals surface area contributed by atoms with E-state index in [4.69, 9.17) is 22.1 Å². The molecule has 1 saturated heterocycles. The number of ether oxygens (including phenoxy) is 1. The molecule has 2 amide bonds. The molecule has 8 heteroatoms. The van der Waals surface area contributed by atoms with Gasteiger partial charge in [-0.3, -0.25) is 4.79 Å². The third kappa shape index (κ3) is 5.16. The molecule has 1 aliphatic rings. The highest BCUT2D eigenvalue weighted by Gasteiger charge is 2.27. The summed E-state index contributed by atoms with van der Waals surface area (Å²) in [5.74, 6) is -0.956. The number of carbonyl (C=O) groups excluding carboxylic acids is 2. The lowest BCUT2D eigenvalue weighted by molar-refractivity contribution is 0.0210. The lowest BCUT2D eigenvalue weighted by Gasteiger charge is -2.34. The van der Waals surface area contributed by atoms with Crippen LogP contribution in [-0.2, 0) is 4.74 Å². The van der Waals surface area contributed by atoms with Gasteiger partial charge in [0.05, 0.1) is 16.3 Å². The van der Waals surface area contributed by atoms with Crippen molar-refractivity contribution in [2.24, 2.45) is 5.73 Å². The fourth-order valence-corrected chi connectivity index (χ4v) is 2.84. The smallest absolute Gasteiger partial charge is 0.410 e. The summed E-state index contributed by atoms with van der Waals surface area (Å²) in [5, 5.41) is 13.4. The second-order valence-electron chi connectivity index (χ2n) is 7.10. The van der Waals surface area contributed by atoms with E-state index in [1.807, 2.05) is 20.8 Å². The largest absolute Gasteiger partial charge is 0.507 e. The van der Waals surface area contributed by atoms with E-state index in [0.29, 0.717) is 36.6 Å². The summed E-state index contributed by atoms with van der Waals surface area (Å²) in [6.45, 7) is 6.64. The van der Waals surface area contributed by atoms with Crippen molar-refractivity contribution in [2.45, 2.75) is 45.3 Å². The third-order valence-electron chi connectivity index (χ3n) is 3.86. The highest BCUT2D eigenvalue weighted by molar-refractivity contribution is 6.33. The van der Waals surface area contributed by atoms with Crippen LogP contribution in [0.5, 0.6) is 5.75 Å². The van der Waals surface area contributed by atoms with Gasteiger partial charge in [0.25, 0.3) is 5.91 Å². The first-order chi connectivity index (χ1) is 11.6. The van der Waals surface area contributed by atoms with E-state index in [-0.39, 0.29) is 23.4 Å². The molecule has 7 nitrogen and oxygen atoms in total. The SMILES string of the molecule is CC(C)(C)OC(=O)N1CCC(Nc2cc(O)c(C(N)=O)cc2Cl)CC1. The number of hydrogen-bond donors (Lipinski definition) is 3. The van der Waals surface area contributed by atoms with Crippen LogP contribution < -0.4 is 11.1 Å². The van der Waals surface area contributed by atoms with Gasteiger partial charge in [-0.25, -0.2) is 4.79 Å². The molecule has 0 radical (unpaired) electrons. The van der Waals surface area contributed by atoms with E-state index >= 15 is 0 Å². The van der Waals surface area contributed by atoms with Gasteiger partial charge in [0.15, 0.2) is 0 Å². The molecule has 25 heavy (non-hydrogen) atoms. The molecule has 138 valence electrons. The Balaban J connectivity index is 1.95. The van der Waals surface area contributed by atoms with Gasteiger partial charge in [0.1, 0.15) is 11.4 Å². The Morgan fingerprint density at radius 1 is 1.32 bits per heavy atom. The van der Waals surface area contributed by atoms with Crippen LogP contribution in [0.3, 0.4) is 0 Å². The van der Waals surface area contributed by atoms with Crippen LogP contribution in [0.4, 0.5) is 10.5 Å². The first-order valence-corrected chi connectivity index (χ1v) is 8.51. The maximum Gasteiger partial charge on any atom is 0.410 e. The zero-order valence-electron chi connectivity index (χ0n) is 14.6. The van der Waals surface area contributed by atoms with Crippen LogP contribution in [0.1, 0.15) is 44.0 Å². The van der Waals surface area contributed by atoms with Crippen LogP contribution in [0.2, 0.25) is 5.02 Å². The van der Waals surface area contributed by atoms with Gasteiger partial charge in [-0.15, -0.1) is 0 Å². The minimum atomic E-state index is -0.739. The predicted octanol–water partition coefficient (Wildman–Crippen LogP) is 2.96. The van der Waals surface area contributed by atoms with E-state index in [9.17, 15) is 14.7 Å². The number of primary amides is 1. The fourth-order valence-electron chi connectivity index (χ4n) is 2.62. The Bertz CT molecular complexity index is 665. The maximum atomic E-state index is 12.1. The van der Waals surface area contributed by atoms with E-state index in [2.05, 4.69) is 5.32 Å². The lowest BCUT2D eigenvalue weighted by Crippen LogP contribution is -2.44. The van der Waals surface area contributed by atoms with E-state index in [1.54, 1.807) is 4.90 Å². The van der Waals surface area contributed by atoms with E-state index in [0.717, 1.165) is 0 Å². The summed E-state index contributed by atoms with van der Waals surface area (Å²) >= 11 is 6.15. The highest BCUT2D eigenvalue weighted by atomic mass is 35.5. The highest BCUT2D eigenvalue weighted by Crippen LogP contribution is 2.31. The average Bonchev–Trinajstić information content (AvgIpc) is 2.49. The molecule has 0 unspecified atom stereocenters. The molecule has 0 aromatic heterocycles. The van der Waals surface area contributed by atoms with Gasteiger partial charge in [0.2, 0.25) is 0 Å². The number of amides is 2. The average molecular weight is 370 g/mol. The van der Waals surface area contributed by atoms with Crippen molar-refractivity contribution < 1.29 is 19.4 Å². The summed E-state index contributed by atoms with van der Waals surface area (Å²) in [4.78, 5) is 25.0. The van der Waals surface area contributed by atoms with Crippen LogP contribution in [0.25, 0.3) is 0 Å². The molecule has 0 bridgehead atoms. The van der Waals surface area contributed by atoms with Gasteiger partial charge >= 0.3 is 6.09 Å². The number of likely N-dealkylation sites (tertiary alicyclic amines) is 1. The van der Waals surface area contributed by atoms with E-state index in [1.165, 1.54) is 12.1 Å². The summed E-state index contributed by atoms with van der Waals surface area (Å²) in [5.41, 5.74) is 5.17. The molecule has 0 saturated carbocycles. The molecule has 0 spiro atoms. The molecule has 1 aliphatic heterocycles. The molecule has 1 heterocycles. The molecule has 4 N–H and O–H groups in total. The van der Waals surface area contributed by atoms with Gasteiger partial charge in [-0.05, 0) is 39.7 Å². The Kier molecular flexibility index (Phi) is 5.67. The van der Waals surface area contributed by atoms with E-state index < -0.39 is 11.5 Å². The van der Waals surface area contributed by atoms with Gasteiger partial charge < -0.3 is 25.8 Å². The number of nitrogens with one attached hydrogen (secondary N) is 1. The number of phenols is 1. The van der Waals surface area contributed by atoms with Gasteiger partial charge in [0, 0.05) is 25.2 Å². The molecular formula is C17H24ClN3O4. The number of rotatable bonds is 3. The monoisotopic (exact) mass is 369 g/mol. The van der Waals surface area contributed by atoms with Crippen LogP contribution in [-0.4, -0.2) is 46.7 Å². The van der Waals surface area contributed by atoms with Crippen molar-refractivity contribution in [3.63, 3.8) is 0 Å². The third-order valence-corrected chi connectivity index (χ3v) is 4.17. The van der Waals surface area contributed by atoms with Crippen molar-refractivity contribution in [3.8, 4) is 5.75 Å². The van der Waals surface area contributed by atoms with Crippen molar-refractivity contribution in [1.29, 1.82) is 0 Å². The second-order valence-corrected chi connectivity index (χ2v) is 7.51. The molecule has 1 fully saturated rings. The summed E-state index contributed by atoms with van der Waals surface area (Å²) in [6, 6.07) is 2.83. The van der Waals surface area contributed by atoms with Crippen molar-refractivity contribution in [3.05, 3.63) is 22.7 Å². The van der Waals surface area contributed by atoms with Gasteiger partial charge in [-0.2, -0.15) is 0 Å². The zero-order chi connectivity index (χ0) is 18.8.